The summed E-state index contributed by atoms with van der Waals surface area (Å²) in [6.07, 6.45) is 0. The number of ether oxygens (including phenoxy) is 1. The van der Waals surface area contributed by atoms with Crippen LogP contribution in [0.25, 0.3) is 0 Å². The Bertz CT molecular complexity index is 309. The maximum Gasteiger partial charge on any atom is 0.0504 e. The van der Waals surface area contributed by atoms with Gasteiger partial charge in [-0.2, -0.15) is 0 Å². The highest BCUT2D eigenvalue weighted by Crippen LogP contribution is 2.14. The van der Waals surface area contributed by atoms with Crippen LogP contribution in [0.4, 0.5) is 5.69 Å². The number of anilines is 1. The molecular weight excluding hydrogens is 186 g/mol. The third-order valence-corrected chi connectivity index (χ3v) is 2.61. The fraction of sp³-hybridized carbons (Fsp3) is 0.538. The summed E-state index contributed by atoms with van der Waals surface area (Å²) in [5.74, 6) is 0.539. The fourth-order valence-corrected chi connectivity index (χ4v) is 1.49. The number of methoxy groups -OCH3 is 1. The summed E-state index contributed by atoms with van der Waals surface area (Å²) in [6, 6.07) is 6.47. The molecule has 0 aliphatic rings. The number of hydrogen-bond donors (Lipinski definition) is 1. The molecule has 0 aromatic heterocycles. The Morgan fingerprint density at radius 1 is 1.27 bits per heavy atom. The first kappa shape index (κ1) is 12.1. The molecule has 2 heteroatoms. The van der Waals surface area contributed by atoms with Gasteiger partial charge in [0.1, 0.15) is 0 Å². The van der Waals surface area contributed by atoms with Gasteiger partial charge in [-0.3, -0.25) is 0 Å². The zero-order chi connectivity index (χ0) is 11.3. The molecule has 1 aromatic rings. The van der Waals surface area contributed by atoms with Crippen molar-refractivity contribution in [2.24, 2.45) is 5.92 Å². The Kier molecular flexibility index (Phi) is 4.63. The molecule has 0 saturated heterocycles. The first-order chi connectivity index (χ1) is 7.13. The second kappa shape index (κ2) is 5.76. The molecule has 0 bridgehead atoms. The molecule has 0 fully saturated rings. The van der Waals surface area contributed by atoms with Crippen LogP contribution in [0.1, 0.15) is 18.1 Å². The Morgan fingerprint density at radius 3 is 2.60 bits per heavy atom. The molecule has 1 rings (SSSR count). The highest BCUT2D eigenvalue weighted by molar-refractivity contribution is 5.48. The van der Waals surface area contributed by atoms with Gasteiger partial charge in [0.25, 0.3) is 0 Å². The molecule has 1 aromatic carbocycles. The van der Waals surface area contributed by atoms with Crippen molar-refractivity contribution in [2.75, 3.05) is 25.6 Å². The second-order valence-electron chi connectivity index (χ2n) is 4.24. The first-order valence-electron chi connectivity index (χ1n) is 5.43. The van der Waals surface area contributed by atoms with Crippen LogP contribution < -0.4 is 5.32 Å². The molecule has 0 radical (unpaired) electrons. The van der Waals surface area contributed by atoms with E-state index in [9.17, 15) is 0 Å². The zero-order valence-corrected chi connectivity index (χ0v) is 10.1. The summed E-state index contributed by atoms with van der Waals surface area (Å²) < 4.78 is 5.09. The maximum absolute atomic E-state index is 5.09. The Hall–Kier alpha value is -1.02. The van der Waals surface area contributed by atoms with Gasteiger partial charge in [-0.1, -0.05) is 13.0 Å². The van der Waals surface area contributed by atoms with Gasteiger partial charge >= 0.3 is 0 Å². The molecule has 1 N–H and O–H groups in total. The minimum absolute atomic E-state index is 0.539. The Balaban J connectivity index is 2.47. The lowest BCUT2D eigenvalue weighted by atomic mass is 10.1. The molecule has 0 heterocycles. The van der Waals surface area contributed by atoms with E-state index in [2.05, 4.69) is 44.3 Å². The van der Waals surface area contributed by atoms with Gasteiger partial charge in [0.2, 0.25) is 0 Å². The van der Waals surface area contributed by atoms with Crippen molar-refractivity contribution in [1.82, 2.24) is 0 Å². The van der Waals surface area contributed by atoms with Gasteiger partial charge in [0, 0.05) is 19.3 Å². The van der Waals surface area contributed by atoms with Gasteiger partial charge in [-0.25, -0.2) is 0 Å². The summed E-state index contributed by atoms with van der Waals surface area (Å²) >= 11 is 0. The van der Waals surface area contributed by atoms with Crippen LogP contribution in [0.5, 0.6) is 0 Å². The monoisotopic (exact) mass is 207 g/mol. The summed E-state index contributed by atoms with van der Waals surface area (Å²) in [7, 11) is 1.74. The summed E-state index contributed by atoms with van der Waals surface area (Å²) in [5.41, 5.74) is 3.87. The molecule has 84 valence electrons. The molecule has 0 spiro atoms. The molecule has 0 aliphatic carbocycles. The fourth-order valence-electron chi connectivity index (χ4n) is 1.49. The van der Waals surface area contributed by atoms with E-state index in [1.54, 1.807) is 7.11 Å². The standard InChI is InChI=1S/C13H21NO/c1-10(9-15-4)8-14-13-6-5-11(2)12(3)7-13/h5-7,10,14H,8-9H2,1-4H3. The normalized spacial score (nSPS) is 12.5. The van der Waals surface area contributed by atoms with Crippen LogP contribution in [0.3, 0.4) is 0 Å². The predicted molar refractivity (Wildman–Crippen MR) is 65.4 cm³/mol. The van der Waals surface area contributed by atoms with E-state index >= 15 is 0 Å². The minimum atomic E-state index is 0.539. The van der Waals surface area contributed by atoms with E-state index in [4.69, 9.17) is 4.74 Å². The van der Waals surface area contributed by atoms with Gasteiger partial charge in [0.05, 0.1) is 6.61 Å². The van der Waals surface area contributed by atoms with E-state index < -0.39 is 0 Å². The second-order valence-corrected chi connectivity index (χ2v) is 4.24. The summed E-state index contributed by atoms with van der Waals surface area (Å²) in [6.45, 7) is 8.21. The molecule has 2 nitrogen and oxygen atoms in total. The van der Waals surface area contributed by atoms with Crippen molar-refractivity contribution in [3.05, 3.63) is 29.3 Å². The van der Waals surface area contributed by atoms with Crippen molar-refractivity contribution in [3.8, 4) is 0 Å². The van der Waals surface area contributed by atoms with Crippen LogP contribution in [-0.4, -0.2) is 20.3 Å². The van der Waals surface area contributed by atoms with Crippen LogP contribution >= 0.6 is 0 Å². The minimum Gasteiger partial charge on any atom is -0.385 e. The average molecular weight is 207 g/mol. The Labute approximate surface area is 92.6 Å². The quantitative estimate of drug-likeness (QED) is 0.801. The van der Waals surface area contributed by atoms with Crippen molar-refractivity contribution in [2.45, 2.75) is 20.8 Å². The van der Waals surface area contributed by atoms with Crippen molar-refractivity contribution in [1.29, 1.82) is 0 Å². The lowest BCUT2D eigenvalue weighted by Gasteiger charge is -2.13. The third kappa shape index (κ3) is 3.92. The van der Waals surface area contributed by atoms with Crippen LogP contribution in [0.15, 0.2) is 18.2 Å². The topological polar surface area (TPSA) is 21.3 Å². The largest absolute Gasteiger partial charge is 0.385 e. The third-order valence-electron chi connectivity index (χ3n) is 2.61. The van der Waals surface area contributed by atoms with Gasteiger partial charge in [0.15, 0.2) is 0 Å². The number of benzene rings is 1. The zero-order valence-electron chi connectivity index (χ0n) is 10.1. The average Bonchev–Trinajstić information content (AvgIpc) is 2.20. The van der Waals surface area contributed by atoms with E-state index in [0.717, 1.165) is 13.2 Å². The van der Waals surface area contributed by atoms with E-state index in [1.807, 2.05) is 0 Å². The van der Waals surface area contributed by atoms with Crippen LogP contribution in [-0.2, 0) is 4.74 Å². The maximum atomic E-state index is 5.09. The molecule has 1 atom stereocenters. The number of aryl methyl sites for hydroxylation is 2. The van der Waals surface area contributed by atoms with Gasteiger partial charge in [-0.05, 0) is 43.0 Å². The number of hydrogen-bond acceptors (Lipinski definition) is 2. The number of rotatable bonds is 5. The molecule has 0 saturated carbocycles. The molecule has 1 unspecified atom stereocenters. The highest BCUT2D eigenvalue weighted by Gasteiger charge is 2.01. The van der Waals surface area contributed by atoms with Crippen molar-refractivity contribution >= 4 is 5.69 Å². The molecule has 15 heavy (non-hydrogen) atoms. The predicted octanol–water partition coefficient (Wildman–Crippen LogP) is 3.00. The summed E-state index contributed by atoms with van der Waals surface area (Å²) in [4.78, 5) is 0. The molecule has 0 amide bonds. The number of nitrogens with one attached hydrogen (secondary N) is 1. The Morgan fingerprint density at radius 2 is 2.00 bits per heavy atom. The van der Waals surface area contributed by atoms with Gasteiger partial charge < -0.3 is 10.1 Å². The summed E-state index contributed by atoms with van der Waals surface area (Å²) in [5, 5.41) is 3.42. The molecular formula is C13H21NO. The van der Waals surface area contributed by atoms with Crippen LogP contribution in [0, 0.1) is 19.8 Å². The lowest BCUT2D eigenvalue weighted by Crippen LogP contribution is -2.15. The van der Waals surface area contributed by atoms with E-state index in [0.29, 0.717) is 5.92 Å². The molecule has 0 aliphatic heterocycles. The first-order valence-corrected chi connectivity index (χ1v) is 5.43. The van der Waals surface area contributed by atoms with Crippen LogP contribution in [0.2, 0.25) is 0 Å². The highest BCUT2D eigenvalue weighted by atomic mass is 16.5. The van der Waals surface area contributed by atoms with Crippen molar-refractivity contribution in [3.63, 3.8) is 0 Å². The SMILES string of the molecule is COCC(C)CNc1ccc(C)c(C)c1. The van der Waals surface area contributed by atoms with E-state index in [-0.39, 0.29) is 0 Å². The van der Waals surface area contributed by atoms with Crippen molar-refractivity contribution < 1.29 is 4.74 Å². The van der Waals surface area contributed by atoms with Gasteiger partial charge in [-0.15, -0.1) is 0 Å². The smallest absolute Gasteiger partial charge is 0.0504 e. The lowest BCUT2D eigenvalue weighted by molar-refractivity contribution is 0.164. The van der Waals surface area contributed by atoms with E-state index in [1.165, 1.54) is 16.8 Å².